The number of nitrogens with zero attached hydrogens (tertiary/aromatic N) is 3. The first-order valence-corrected chi connectivity index (χ1v) is 26.1. The molecule has 3 saturated carbocycles. The van der Waals surface area contributed by atoms with Crippen LogP contribution in [0.4, 0.5) is 8.78 Å². The fourth-order valence-corrected chi connectivity index (χ4v) is 9.66. The Morgan fingerprint density at radius 2 is 1.14 bits per heavy atom. The molecule has 78 heavy (non-hydrogen) atoms. The van der Waals surface area contributed by atoms with Crippen LogP contribution in [-0.2, 0) is 0 Å². The van der Waals surface area contributed by atoms with E-state index >= 15 is 0 Å². The molecule has 3 aromatic heterocycles. The van der Waals surface area contributed by atoms with Gasteiger partial charge >= 0.3 is 5.97 Å². The number of carboxylic acid groups (broad SMARTS) is 1. The predicted molar refractivity (Wildman–Crippen MR) is 295 cm³/mol. The Kier molecular flexibility index (Phi) is 21.9. The molecule has 9 rings (SSSR count). The number of aliphatic hydroxyl groups is 3. The van der Waals surface area contributed by atoms with E-state index in [2.05, 4.69) is 55.8 Å². The van der Waals surface area contributed by atoms with Crippen molar-refractivity contribution in [2.24, 2.45) is 11.5 Å². The van der Waals surface area contributed by atoms with Crippen molar-refractivity contribution in [3.63, 3.8) is 0 Å². The fourth-order valence-electron chi connectivity index (χ4n) is 9.09. The minimum absolute atomic E-state index is 0.00334. The van der Waals surface area contributed by atoms with Gasteiger partial charge in [-0.1, -0.05) is 88.5 Å². The van der Waals surface area contributed by atoms with E-state index in [0.29, 0.717) is 77.0 Å². The molecule has 13 nitrogen and oxygen atoms in total. The molecule has 404 valence electrons. The molecule has 0 unspecified atom stereocenters. The summed E-state index contributed by atoms with van der Waals surface area (Å²) in [6.45, 7) is 0. The van der Waals surface area contributed by atoms with Crippen LogP contribution >= 0.6 is 34.8 Å². The van der Waals surface area contributed by atoms with Crippen LogP contribution in [0.2, 0.25) is 15.1 Å². The first-order valence-electron chi connectivity index (χ1n) is 25.0. The van der Waals surface area contributed by atoms with E-state index in [1.54, 1.807) is 79.4 Å². The van der Waals surface area contributed by atoms with Crippen molar-refractivity contribution in [3.05, 3.63) is 194 Å². The van der Waals surface area contributed by atoms with Crippen LogP contribution in [0.1, 0.15) is 136 Å². The number of aromatic carboxylic acids is 1. The first-order chi connectivity index (χ1) is 37.2. The Hall–Kier alpha value is -7.23. The topological polar surface area (TPSA) is 235 Å². The number of amides is 2. The van der Waals surface area contributed by atoms with Gasteiger partial charge in [0.15, 0.2) is 11.5 Å². The lowest BCUT2D eigenvalue weighted by molar-refractivity contribution is 0.0451. The van der Waals surface area contributed by atoms with Gasteiger partial charge in [-0.15, -0.1) is 0 Å². The molecule has 2 amide bonds. The molecule has 0 spiro atoms. The van der Waals surface area contributed by atoms with E-state index in [4.69, 9.17) is 51.4 Å². The second-order valence-corrected chi connectivity index (χ2v) is 20.5. The van der Waals surface area contributed by atoms with Crippen molar-refractivity contribution in [2.75, 3.05) is 0 Å². The lowest BCUT2D eigenvalue weighted by atomic mass is 9.74. The lowest BCUT2D eigenvalue weighted by Crippen LogP contribution is -2.45. The zero-order valence-electron chi connectivity index (χ0n) is 42.2. The maximum Gasteiger partial charge on any atom is 0.357 e. The van der Waals surface area contributed by atoms with E-state index in [1.807, 2.05) is 36.4 Å². The van der Waals surface area contributed by atoms with Gasteiger partial charge in [-0.25, -0.2) is 18.6 Å². The molecule has 3 aliphatic rings. The third-order valence-corrected chi connectivity index (χ3v) is 13.6. The second-order valence-electron chi connectivity index (χ2n) is 19.1. The molecular formula is C60H57Cl3F2N6O7. The SMILES string of the molecule is NC(=O)c1ccncc1[C@H]1CCC[C@@](O)(C#Cc2cccc(Cl)c2)C1.N[C@@H]1CCC[C@](O)(C#Cc2cccc(Cl)c2)C1.O=C(N[C@@H]1CCC[C@](O)(C#Cc2cccc(Cl)c2)C1)c1ccncc1.O=C(O)c1ncc(F)cc1F. The zero-order valence-corrected chi connectivity index (χ0v) is 44.5. The predicted octanol–water partition coefficient (Wildman–Crippen LogP) is 9.85. The molecule has 18 heteroatoms. The van der Waals surface area contributed by atoms with Crippen molar-refractivity contribution in [2.45, 2.75) is 112 Å². The number of rotatable bonds is 5. The normalized spacial score (nSPS) is 22.0. The van der Waals surface area contributed by atoms with Crippen molar-refractivity contribution in [1.82, 2.24) is 20.3 Å². The average Bonchev–Trinajstić information content (AvgIpc) is 3.40. The van der Waals surface area contributed by atoms with Crippen LogP contribution in [-0.4, -0.2) is 82.0 Å². The fraction of sp³-hybridized carbons (Fsp3) is 0.300. The molecule has 3 aliphatic carbocycles. The van der Waals surface area contributed by atoms with Gasteiger partial charge < -0.3 is 37.2 Å². The van der Waals surface area contributed by atoms with E-state index in [9.17, 15) is 38.5 Å². The third kappa shape index (κ3) is 19.0. The van der Waals surface area contributed by atoms with Crippen LogP contribution in [0.3, 0.4) is 0 Å². The number of pyridine rings is 3. The minimum atomic E-state index is -1.51. The molecule has 0 aliphatic heterocycles. The summed E-state index contributed by atoms with van der Waals surface area (Å²) in [7, 11) is 0. The smallest absolute Gasteiger partial charge is 0.357 e. The molecule has 0 radical (unpaired) electrons. The van der Waals surface area contributed by atoms with E-state index in [0.717, 1.165) is 60.8 Å². The molecule has 3 heterocycles. The van der Waals surface area contributed by atoms with Crippen LogP contribution in [0.25, 0.3) is 0 Å². The van der Waals surface area contributed by atoms with Crippen LogP contribution < -0.4 is 16.8 Å². The van der Waals surface area contributed by atoms with Gasteiger partial charge in [0.05, 0.1) is 6.20 Å². The third-order valence-electron chi connectivity index (χ3n) is 12.9. The van der Waals surface area contributed by atoms with Crippen molar-refractivity contribution < 1.29 is 43.6 Å². The van der Waals surface area contributed by atoms with Crippen LogP contribution in [0.15, 0.2) is 128 Å². The van der Waals surface area contributed by atoms with Crippen molar-refractivity contribution in [1.29, 1.82) is 0 Å². The van der Waals surface area contributed by atoms with Gasteiger partial charge in [0.2, 0.25) is 5.91 Å². The Labute approximate surface area is 466 Å². The number of aromatic nitrogens is 3. The van der Waals surface area contributed by atoms with Gasteiger partial charge in [0, 0.05) is 98.7 Å². The van der Waals surface area contributed by atoms with E-state index in [-0.39, 0.29) is 23.9 Å². The maximum absolute atomic E-state index is 12.4. The number of benzene rings is 3. The number of carbonyl (C=O) groups is 3. The Balaban J connectivity index is 0.000000175. The van der Waals surface area contributed by atoms with E-state index < -0.39 is 46.0 Å². The maximum atomic E-state index is 12.4. The largest absolute Gasteiger partial charge is 0.476 e. The number of carbonyl (C=O) groups excluding carboxylic acids is 2. The summed E-state index contributed by atoms with van der Waals surface area (Å²) in [6.07, 6.45) is 15.6. The molecule has 9 N–H and O–H groups in total. The zero-order chi connectivity index (χ0) is 56.3. The Morgan fingerprint density at radius 1 is 0.641 bits per heavy atom. The Bertz CT molecular complexity index is 3270. The number of nitrogens with one attached hydrogen (secondary N) is 1. The van der Waals surface area contributed by atoms with Gasteiger partial charge in [-0.2, -0.15) is 0 Å². The molecule has 3 fully saturated rings. The highest BCUT2D eigenvalue weighted by Crippen LogP contribution is 2.39. The lowest BCUT2D eigenvalue weighted by Gasteiger charge is -2.33. The highest BCUT2D eigenvalue weighted by molar-refractivity contribution is 6.31. The monoisotopic (exact) mass is 1120 g/mol. The van der Waals surface area contributed by atoms with Crippen LogP contribution in [0.5, 0.6) is 0 Å². The van der Waals surface area contributed by atoms with Gasteiger partial charge in [0.1, 0.15) is 22.6 Å². The number of primary amides is 1. The molecule has 3 aromatic carbocycles. The first kappa shape index (κ1) is 60.0. The highest BCUT2D eigenvalue weighted by atomic mass is 35.5. The summed E-state index contributed by atoms with van der Waals surface area (Å²) in [5.74, 6) is 13.7. The number of hydrogen-bond donors (Lipinski definition) is 7. The van der Waals surface area contributed by atoms with Gasteiger partial charge in [-0.05, 0) is 148 Å². The standard InChI is InChI=1S/2C20H19ClN2O2.C14H16ClNO.C6H3F2NO2/c21-16-5-1-3-14(11-16)6-9-20(25)8-2-4-15(12-20)18-13-23-10-7-17(18)19(22)24;21-17-4-1-3-15(13-17)6-10-20(25)9-2-5-18(14-20)23-19(24)16-7-11-22-12-8-16;15-12-4-1-3-11(9-12)6-8-14(17)7-2-5-13(16)10-14;7-3-1-4(8)5(6(10)11)9-2-3/h1,3,5,7,10-11,13,15,25H,2,4,8,12H2,(H2,22,24);1,3-4,7-8,11-13,18,25H,2,5,9,14H2,(H,23,24);1,3-4,9,13,17H,2,5,7,10,16H2;1-2H,(H,10,11)/t15-,20+;18-,20+;13-,14+;/m011./s1. The average molecular weight is 1120 g/mol. The number of hydrogen-bond acceptors (Lipinski definition) is 10. The summed E-state index contributed by atoms with van der Waals surface area (Å²) in [4.78, 5) is 45.1. The highest BCUT2D eigenvalue weighted by Gasteiger charge is 2.36. The van der Waals surface area contributed by atoms with E-state index in [1.165, 1.54) is 0 Å². The molecule has 6 atom stereocenters. The molecular weight excluding hydrogens is 1060 g/mol. The number of nitrogens with two attached hydrogens (primary N) is 2. The van der Waals surface area contributed by atoms with Crippen molar-refractivity contribution >= 4 is 52.6 Å². The Morgan fingerprint density at radius 3 is 1.64 bits per heavy atom. The summed E-state index contributed by atoms with van der Waals surface area (Å²) >= 11 is 17.8. The van der Waals surface area contributed by atoms with Gasteiger partial charge in [-0.3, -0.25) is 19.6 Å². The quantitative estimate of drug-likeness (QED) is 0.0803. The minimum Gasteiger partial charge on any atom is -0.476 e. The molecule has 6 aromatic rings. The van der Waals surface area contributed by atoms with Gasteiger partial charge in [0.25, 0.3) is 5.91 Å². The van der Waals surface area contributed by atoms with Crippen molar-refractivity contribution in [3.8, 4) is 35.5 Å². The molecule has 0 bridgehead atoms. The number of carboxylic acids is 1. The molecule has 0 saturated heterocycles. The number of halogens is 5. The summed E-state index contributed by atoms with van der Waals surface area (Å²) in [5.41, 5.74) is 11.6. The van der Waals surface area contributed by atoms with Crippen LogP contribution in [0, 0.1) is 47.2 Å². The summed E-state index contributed by atoms with van der Waals surface area (Å²) < 4.78 is 24.5. The summed E-state index contributed by atoms with van der Waals surface area (Å²) in [5, 5.41) is 45.1. The second kappa shape index (κ2) is 28.4. The summed E-state index contributed by atoms with van der Waals surface area (Å²) in [6, 6.07) is 27.2.